The number of hydrogen-bond donors (Lipinski definition) is 1. The molecule has 0 amide bonds. The van der Waals surface area contributed by atoms with Crippen molar-refractivity contribution < 1.29 is 27.4 Å². The smallest absolute Gasteiger partial charge is 0.468 e. The standard InChI is InChI=1S/C12H14F3NO3S/c1-18-11(17)10(16)7-20-6-8-2-4-9(5-3-8)19-12(13,14)15/h2-5,10H,6-7,16H2,1H3. The van der Waals surface area contributed by atoms with Crippen LogP contribution in [-0.2, 0) is 15.3 Å². The van der Waals surface area contributed by atoms with E-state index in [1.165, 1.54) is 43.1 Å². The van der Waals surface area contributed by atoms with Crippen LogP contribution in [0, 0.1) is 0 Å². The molecule has 112 valence electrons. The van der Waals surface area contributed by atoms with Gasteiger partial charge in [-0.3, -0.25) is 4.79 Å². The number of rotatable bonds is 6. The van der Waals surface area contributed by atoms with Gasteiger partial charge in [0.2, 0.25) is 0 Å². The van der Waals surface area contributed by atoms with Gasteiger partial charge in [-0.15, -0.1) is 13.2 Å². The molecular formula is C12H14F3NO3S. The predicted octanol–water partition coefficient (Wildman–Crippen LogP) is 2.32. The van der Waals surface area contributed by atoms with Crippen molar-refractivity contribution >= 4 is 17.7 Å². The van der Waals surface area contributed by atoms with Crippen molar-refractivity contribution in [1.82, 2.24) is 0 Å². The van der Waals surface area contributed by atoms with Gasteiger partial charge in [0, 0.05) is 11.5 Å². The summed E-state index contributed by atoms with van der Waals surface area (Å²) in [5, 5.41) is 0. The van der Waals surface area contributed by atoms with Gasteiger partial charge in [0.25, 0.3) is 0 Å². The molecule has 0 heterocycles. The number of nitrogens with two attached hydrogens (primary N) is 1. The largest absolute Gasteiger partial charge is 0.573 e. The number of carbonyl (C=O) groups excluding carboxylic acids is 1. The van der Waals surface area contributed by atoms with Crippen LogP contribution in [0.25, 0.3) is 0 Å². The van der Waals surface area contributed by atoms with Crippen molar-refractivity contribution in [3.63, 3.8) is 0 Å². The normalized spacial score (nSPS) is 12.8. The molecule has 0 fully saturated rings. The van der Waals surface area contributed by atoms with E-state index in [4.69, 9.17) is 5.73 Å². The highest BCUT2D eigenvalue weighted by molar-refractivity contribution is 7.98. The molecule has 1 aromatic carbocycles. The first kappa shape index (κ1) is 16.6. The van der Waals surface area contributed by atoms with Crippen LogP contribution >= 0.6 is 11.8 Å². The van der Waals surface area contributed by atoms with E-state index in [0.717, 1.165) is 5.56 Å². The summed E-state index contributed by atoms with van der Waals surface area (Å²) in [7, 11) is 1.26. The second-order valence-corrected chi connectivity index (χ2v) is 4.87. The minimum atomic E-state index is -4.69. The van der Waals surface area contributed by atoms with Crippen LogP contribution in [0.1, 0.15) is 5.56 Å². The minimum absolute atomic E-state index is 0.266. The van der Waals surface area contributed by atoms with Gasteiger partial charge in [0.1, 0.15) is 11.8 Å². The quantitative estimate of drug-likeness (QED) is 0.817. The van der Waals surface area contributed by atoms with E-state index >= 15 is 0 Å². The summed E-state index contributed by atoms with van der Waals surface area (Å²) in [4.78, 5) is 11.0. The van der Waals surface area contributed by atoms with Crippen LogP contribution in [0.5, 0.6) is 5.75 Å². The number of alkyl halides is 3. The average Bonchev–Trinajstić information content (AvgIpc) is 2.38. The lowest BCUT2D eigenvalue weighted by Crippen LogP contribution is -2.33. The zero-order chi connectivity index (χ0) is 15.2. The summed E-state index contributed by atoms with van der Waals surface area (Å²) in [6, 6.07) is 4.82. The summed E-state index contributed by atoms with van der Waals surface area (Å²) in [5.41, 5.74) is 6.35. The molecule has 0 saturated heterocycles. The van der Waals surface area contributed by atoms with Crippen molar-refractivity contribution in [2.75, 3.05) is 12.9 Å². The fourth-order valence-electron chi connectivity index (χ4n) is 1.31. The Morgan fingerprint density at radius 2 is 1.95 bits per heavy atom. The second-order valence-electron chi connectivity index (χ2n) is 3.84. The SMILES string of the molecule is COC(=O)C(N)CSCc1ccc(OC(F)(F)F)cc1. The van der Waals surface area contributed by atoms with Gasteiger partial charge in [0.05, 0.1) is 7.11 Å². The van der Waals surface area contributed by atoms with E-state index in [1.807, 2.05) is 0 Å². The summed E-state index contributed by atoms with van der Waals surface area (Å²) < 4.78 is 44.1. The van der Waals surface area contributed by atoms with Crippen molar-refractivity contribution in [1.29, 1.82) is 0 Å². The van der Waals surface area contributed by atoms with E-state index in [9.17, 15) is 18.0 Å². The van der Waals surface area contributed by atoms with Gasteiger partial charge >= 0.3 is 12.3 Å². The van der Waals surface area contributed by atoms with Gasteiger partial charge in [-0.05, 0) is 17.7 Å². The first-order valence-corrected chi connectivity index (χ1v) is 6.73. The summed E-state index contributed by atoms with van der Waals surface area (Å²) >= 11 is 1.39. The van der Waals surface area contributed by atoms with Crippen LogP contribution in [0.15, 0.2) is 24.3 Å². The Balaban J connectivity index is 2.40. The molecule has 1 rings (SSSR count). The van der Waals surface area contributed by atoms with E-state index in [0.29, 0.717) is 11.5 Å². The zero-order valence-electron chi connectivity index (χ0n) is 10.6. The third-order valence-corrected chi connectivity index (χ3v) is 3.36. The first-order valence-electron chi connectivity index (χ1n) is 5.57. The van der Waals surface area contributed by atoms with Gasteiger partial charge in [-0.1, -0.05) is 12.1 Å². The minimum Gasteiger partial charge on any atom is -0.468 e. The van der Waals surface area contributed by atoms with Gasteiger partial charge < -0.3 is 15.2 Å². The van der Waals surface area contributed by atoms with Crippen LogP contribution < -0.4 is 10.5 Å². The molecule has 0 aliphatic carbocycles. The molecular weight excluding hydrogens is 295 g/mol. The number of carbonyl (C=O) groups is 1. The third kappa shape index (κ3) is 6.16. The van der Waals surface area contributed by atoms with Gasteiger partial charge in [-0.2, -0.15) is 11.8 Å². The maximum absolute atomic E-state index is 12.0. The molecule has 1 atom stereocenters. The van der Waals surface area contributed by atoms with Crippen LogP contribution in [0.2, 0.25) is 0 Å². The Labute approximate surface area is 118 Å². The number of benzene rings is 1. The summed E-state index contributed by atoms with van der Waals surface area (Å²) in [5.74, 6) is 0.133. The highest BCUT2D eigenvalue weighted by Crippen LogP contribution is 2.23. The highest BCUT2D eigenvalue weighted by atomic mass is 32.2. The topological polar surface area (TPSA) is 61.5 Å². The van der Waals surface area contributed by atoms with E-state index in [-0.39, 0.29) is 5.75 Å². The van der Waals surface area contributed by atoms with Crippen molar-refractivity contribution in [3.8, 4) is 5.75 Å². The Morgan fingerprint density at radius 3 is 2.45 bits per heavy atom. The monoisotopic (exact) mass is 309 g/mol. The molecule has 0 aliphatic rings. The number of hydrogen-bond acceptors (Lipinski definition) is 5. The molecule has 0 spiro atoms. The first-order chi connectivity index (χ1) is 9.31. The molecule has 1 aromatic rings. The molecule has 0 saturated carbocycles. The van der Waals surface area contributed by atoms with Crippen LogP contribution in [0.4, 0.5) is 13.2 Å². The fourth-order valence-corrected chi connectivity index (χ4v) is 2.25. The maximum Gasteiger partial charge on any atom is 0.573 e. The highest BCUT2D eigenvalue weighted by Gasteiger charge is 2.30. The molecule has 20 heavy (non-hydrogen) atoms. The number of esters is 1. The lowest BCUT2D eigenvalue weighted by atomic mass is 10.2. The van der Waals surface area contributed by atoms with Crippen molar-refractivity contribution in [2.24, 2.45) is 5.73 Å². The average molecular weight is 309 g/mol. The summed E-state index contributed by atoms with van der Waals surface area (Å²) in [6.45, 7) is 0. The fraction of sp³-hybridized carbons (Fsp3) is 0.417. The predicted molar refractivity (Wildman–Crippen MR) is 69.3 cm³/mol. The molecule has 8 heteroatoms. The van der Waals surface area contributed by atoms with E-state index in [1.54, 1.807) is 0 Å². The maximum atomic E-state index is 12.0. The summed E-state index contributed by atoms with van der Waals surface area (Å²) in [6.07, 6.45) is -4.69. The Morgan fingerprint density at radius 1 is 1.35 bits per heavy atom. The lowest BCUT2D eigenvalue weighted by molar-refractivity contribution is -0.274. The molecule has 4 nitrogen and oxygen atoms in total. The van der Waals surface area contributed by atoms with Gasteiger partial charge in [-0.25, -0.2) is 0 Å². The molecule has 0 bridgehead atoms. The van der Waals surface area contributed by atoms with Crippen LogP contribution in [0.3, 0.4) is 0 Å². The third-order valence-electron chi connectivity index (χ3n) is 2.23. The van der Waals surface area contributed by atoms with E-state index in [2.05, 4.69) is 9.47 Å². The molecule has 2 N–H and O–H groups in total. The van der Waals surface area contributed by atoms with Crippen LogP contribution in [-0.4, -0.2) is 31.2 Å². The number of methoxy groups -OCH3 is 1. The van der Waals surface area contributed by atoms with Crippen molar-refractivity contribution in [2.45, 2.75) is 18.2 Å². The Kier molecular flexibility index (Phi) is 6.15. The zero-order valence-corrected chi connectivity index (χ0v) is 11.5. The molecule has 0 aromatic heterocycles. The van der Waals surface area contributed by atoms with Gasteiger partial charge in [0.15, 0.2) is 0 Å². The number of ether oxygens (including phenoxy) is 2. The lowest BCUT2D eigenvalue weighted by Gasteiger charge is -2.10. The molecule has 0 aliphatic heterocycles. The number of thioether (sulfide) groups is 1. The molecule has 0 radical (unpaired) electrons. The Hall–Kier alpha value is -1.41. The van der Waals surface area contributed by atoms with Crippen molar-refractivity contribution in [3.05, 3.63) is 29.8 Å². The Bertz CT molecular complexity index is 437. The van der Waals surface area contributed by atoms with E-state index < -0.39 is 18.4 Å². The number of halogens is 3. The second kappa shape index (κ2) is 7.39. The molecule has 1 unspecified atom stereocenters.